The number of rotatable bonds is 10. The third-order valence-electron chi connectivity index (χ3n) is 5.03. The van der Waals surface area contributed by atoms with Gasteiger partial charge in [0.05, 0.1) is 13.1 Å². The van der Waals surface area contributed by atoms with E-state index in [1.807, 2.05) is 34.8 Å². The van der Waals surface area contributed by atoms with Gasteiger partial charge in [0.15, 0.2) is 0 Å². The molecule has 1 heterocycles. The first-order valence-electron chi connectivity index (χ1n) is 9.27. The van der Waals surface area contributed by atoms with Gasteiger partial charge >= 0.3 is 0 Å². The summed E-state index contributed by atoms with van der Waals surface area (Å²) in [4.78, 5) is 29.2. The second kappa shape index (κ2) is 8.04. The Morgan fingerprint density at radius 1 is 1.28 bits per heavy atom. The van der Waals surface area contributed by atoms with Crippen molar-refractivity contribution in [1.82, 2.24) is 14.4 Å². The summed E-state index contributed by atoms with van der Waals surface area (Å²) in [6, 6.07) is 4.38. The van der Waals surface area contributed by atoms with Gasteiger partial charge in [0.1, 0.15) is 0 Å². The summed E-state index contributed by atoms with van der Waals surface area (Å²) >= 11 is 0. The number of methoxy groups -OCH3 is 1. The summed E-state index contributed by atoms with van der Waals surface area (Å²) in [6.45, 7) is 2.02. The molecule has 0 aromatic carbocycles. The van der Waals surface area contributed by atoms with Crippen molar-refractivity contribution >= 4 is 11.8 Å². The third-order valence-corrected chi connectivity index (χ3v) is 5.03. The van der Waals surface area contributed by atoms with E-state index < -0.39 is 0 Å². The van der Waals surface area contributed by atoms with E-state index in [2.05, 4.69) is 0 Å². The summed E-state index contributed by atoms with van der Waals surface area (Å²) in [6.07, 6.45) is 6.82. The molecule has 0 unspecified atom stereocenters. The van der Waals surface area contributed by atoms with E-state index in [9.17, 15) is 9.59 Å². The minimum Gasteiger partial charge on any atom is -0.385 e. The molecule has 2 amide bonds. The molecule has 2 saturated carbocycles. The SMILES string of the molecule is COCCCN(CC(=O)N(Cc1cccn1C)C1CC1)C(=O)C1CC1. The van der Waals surface area contributed by atoms with Gasteiger partial charge in [0.2, 0.25) is 11.8 Å². The number of carbonyl (C=O) groups excluding carboxylic acids is 2. The van der Waals surface area contributed by atoms with Crippen LogP contribution in [0.25, 0.3) is 0 Å². The first-order valence-corrected chi connectivity index (χ1v) is 9.27. The monoisotopic (exact) mass is 347 g/mol. The predicted molar refractivity (Wildman–Crippen MR) is 94.8 cm³/mol. The zero-order valence-corrected chi connectivity index (χ0v) is 15.3. The quantitative estimate of drug-likeness (QED) is 0.607. The topological polar surface area (TPSA) is 54.8 Å². The Bertz CT molecular complexity index is 605. The number of amides is 2. The lowest BCUT2D eigenvalue weighted by Crippen LogP contribution is -2.44. The van der Waals surface area contributed by atoms with Crippen molar-refractivity contribution in [3.63, 3.8) is 0 Å². The predicted octanol–water partition coefficient (Wildman–Crippen LogP) is 1.79. The fourth-order valence-corrected chi connectivity index (χ4v) is 3.15. The first-order chi connectivity index (χ1) is 12.1. The van der Waals surface area contributed by atoms with Crippen LogP contribution in [0.1, 0.15) is 37.8 Å². The van der Waals surface area contributed by atoms with Crippen molar-refractivity contribution in [2.75, 3.05) is 26.8 Å². The fourth-order valence-electron chi connectivity index (χ4n) is 3.15. The van der Waals surface area contributed by atoms with Gasteiger partial charge < -0.3 is 19.1 Å². The van der Waals surface area contributed by atoms with E-state index in [0.29, 0.717) is 25.7 Å². The Hall–Kier alpha value is -1.82. The van der Waals surface area contributed by atoms with Crippen molar-refractivity contribution in [3.8, 4) is 0 Å². The highest BCUT2D eigenvalue weighted by atomic mass is 16.5. The highest BCUT2D eigenvalue weighted by Gasteiger charge is 2.37. The van der Waals surface area contributed by atoms with Gasteiger partial charge in [-0.2, -0.15) is 0 Å². The summed E-state index contributed by atoms with van der Waals surface area (Å²) < 4.78 is 7.15. The first kappa shape index (κ1) is 18.0. The minimum atomic E-state index is 0.0649. The molecule has 0 spiro atoms. The molecule has 138 valence electrons. The number of ether oxygens (including phenoxy) is 1. The van der Waals surface area contributed by atoms with Crippen LogP contribution in [0.3, 0.4) is 0 Å². The number of carbonyl (C=O) groups is 2. The van der Waals surface area contributed by atoms with Crippen LogP contribution in [-0.4, -0.2) is 59.0 Å². The van der Waals surface area contributed by atoms with Gasteiger partial charge in [-0.3, -0.25) is 9.59 Å². The van der Waals surface area contributed by atoms with Gasteiger partial charge in [-0.05, 0) is 44.2 Å². The van der Waals surface area contributed by atoms with Crippen LogP contribution in [0.15, 0.2) is 18.3 Å². The van der Waals surface area contributed by atoms with Crippen molar-refractivity contribution in [3.05, 3.63) is 24.0 Å². The number of hydrogen-bond donors (Lipinski definition) is 0. The van der Waals surface area contributed by atoms with Crippen LogP contribution < -0.4 is 0 Å². The fraction of sp³-hybridized carbons (Fsp3) is 0.684. The van der Waals surface area contributed by atoms with Crippen LogP contribution in [0.4, 0.5) is 0 Å². The standard InChI is InChI=1S/C19H29N3O3/c1-20-10-3-5-17(20)13-22(16-8-9-16)18(23)14-21(11-4-12-25-2)19(24)15-6-7-15/h3,5,10,15-16H,4,6-9,11-14H2,1-2H3. The average molecular weight is 347 g/mol. The summed E-state index contributed by atoms with van der Waals surface area (Å²) in [5.74, 6) is 0.340. The molecule has 0 radical (unpaired) electrons. The largest absolute Gasteiger partial charge is 0.385 e. The second-order valence-electron chi connectivity index (χ2n) is 7.24. The van der Waals surface area contributed by atoms with E-state index in [4.69, 9.17) is 4.74 Å². The molecule has 3 rings (SSSR count). The van der Waals surface area contributed by atoms with E-state index in [-0.39, 0.29) is 24.3 Å². The Morgan fingerprint density at radius 2 is 2.04 bits per heavy atom. The van der Waals surface area contributed by atoms with Crippen LogP contribution in [0, 0.1) is 5.92 Å². The summed E-state index contributed by atoms with van der Waals surface area (Å²) in [5.41, 5.74) is 1.12. The molecule has 25 heavy (non-hydrogen) atoms. The zero-order valence-electron chi connectivity index (χ0n) is 15.3. The van der Waals surface area contributed by atoms with Gasteiger partial charge in [-0.25, -0.2) is 0 Å². The van der Waals surface area contributed by atoms with Gasteiger partial charge in [-0.1, -0.05) is 0 Å². The van der Waals surface area contributed by atoms with Crippen LogP contribution >= 0.6 is 0 Å². The molecule has 6 heteroatoms. The van der Waals surface area contributed by atoms with E-state index in [1.54, 1.807) is 12.0 Å². The van der Waals surface area contributed by atoms with Crippen LogP contribution in [0.2, 0.25) is 0 Å². The van der Waals surface area contributed by atoms with Gasteiger partial charge in [-0.15, -0.1) is 0 Å². The molecule has 2 aliphatic carbocycles. The minimum absolute atomic E-state index is 0.0649. The Kier molecular flexibility index (Phi) is 5.78. The zero-order chi connectivity index (χ0) is 17.8. The molecular formula is C19H29N3O3. The molecule has 2 fully saturated rings. The molecule has 2 aliphatic rings. The van der Waals surface area contributed by atoms with Crippen molar-refractivity contribution in [2.45, 2.75) is 44.7 Å². The van der Waals surface area contributed by atoms with Gasteiger partial charge in [0.25, 0.3) is 0 Å². The summed E-state index contributed by atoms with van der Waals surface area (Å²) in [7, 11) is 3.66. The second-order valence-corrected chi connectivity index (χ2v) is 7.24. The molecule has 1 aromatic rings. The number of aryl methyl sites for hydroxylation is 1. The highest BCUT2D eigenvalue weighted by Crippen LogP contribution is 2.32. The smallest absolute Gasteiger partial charge is 0.242 e. The van der Waals surface area contributed by atoms with E-state index in [0.717, 1.165) is 37.8 Å². The van der Waals surface area contributed by atoms with Gasteiger partial charge in [0, 0.05) is 51.2 Å². The number of aromatic nitrogens is 1. The molecule has 6 nitrogen and oxygen atoms in total. The highest BCUT2D eigenvalue weighted by molar-refractivity contribution is 5.87. The molecule has 0 N–H and O–H groups in total. The Morgan fingerprint density at radius 3 is 2.60 bits per heavy atom. The Balaban J connectivity index is 1.62. The normalized spacial score (nSPS) is 16.7. The van der Waals surface area contributed by atoms with Crippen molar-refractivity contribution in [2.24, 2.45) is 13.0 Å². The van der Waals surface area contributed by atoms with Crippen molar-refractivity contribution < 1.29 is 14.3 Å². The van der Waals surface area contributed by atoms with E-state index in [1.165, 1.54) is 0 Å². The molecule has 0 aliphatic heterocycles. The maximum absolute atomic E-state index is 12.9. The lowest BCUT2D eigenvalue weighted by Gasteiger charge is -2.28. The molecule has 1 aromatic heterocycles. The van der Waals surface area contributed by atoms with E-state index >= 15 is 0 Å². The molecule has 0 saturated heterocycles. The Labute approximate surface area is 149 Å². The maximum atomic E-state index is 12.9. The number of hydrogen-bond acceptors (Lipinski definition) is 3. The van der Waals surface area contributed by atoms with Crippen LogP contribution in [0.5, 0.6) is 0 Å². The lowest BCUT2D eigenvalue weighted by atomic mass is 10.2. The summed E-state index contributed by atoms with van der Waals surface area (Å²) in [5, 5.41) is 0. The average Bonchev–Trinajstić information content (AvgIpc) is 3.50. The third kappa shape index (κ3) is 4.84. The van der Waals surface area contributed by atoms with Crippen molar-refractivity contribution in [1.29, 1.82) is 0 Å². The molecule has 0 atom stereocenters. The van der Waals surface area contributed by atoms with Crippen LogP contribution in [-0.2, 0) is 27.9 Å². The lowest BCUT2D eigenvalue weighted by molar-refractivity contribution is -0.142. The molecule has 0 bridgehead atoms. The molecular weight excluding hydrogens is 318 g/mol. The number of nitrogens with zero attached hydrogens (tertiary/aromatic N) is 3. The maximum Gasteiger partial charge on any atom is 0.242 e.